The number of rotatable bonds is 36. The van der Waals surface area contributed by atoms with Gasteiger partial charge in [-0.15, -0.1) is 0 Å². The summed E-state index contributed by atoms with van der Waals surface area (Å²) < 4.78 is 32.5. The van der Waals surface area contributed by atoms with E-state index in [-0.39, 0.29) is 19.4 Å². The maximum Gasteiger partial charge on any atom is 0.472 e. The van der Waals surface area contributed by atoms with Crippen molar-refractivity contribution in [2.75, 3.05) is 19.8 Å². The molecule has 0 amide bonds. The van der Waals surface area contributed by atoms with E-state index in [1.807, 2.05) is 18.2 Å². The summed E-state index contributed by atoms with van der Waals surface area (Å²) in [5, 5.41) is 8.86. The Bertz CT molecular complexity index is 1190. The van der Waals surface area contributed by atoms with Crippen molar-refractivity contribution < 1.29 is 47.5 Å². The first-order valence-electron chi connectivity index (χ1n) is 20.0. The zero-order chi connectivity index (χ0) is 40.0. The smallest absolute Gasteiger partial charge is 0.472 e. The highest BCUT2D eigenvalue weighted by Gasteiger charge is 2.28. The topological polar surface area (TPSA) is 172 Å². The van der Waals surface area contributed by atoms with E-state index < -0.39 is 51.1 Å². The van der Waals surface area contributed by atoms with E-state index in [0.29, 0.717) is 19.3 Å². The Hall–Kier alpha value is -3.08. The Kier molecular flexibility index (Phi) is 34.8. The summed E-state index contributed by atoms with van der Waals surface area (Å²) in [4.78, 5) is 45.7. The summed E-state index contributed by atoms with van der Waals surface area (Å²) in [6.45, 7) is 2.58. The summed E-state index contributed by atoms with van der Waals surface area (Å²) in [6.07, 6.45) is 42.7. The van der Waals surface area contributed by atoms with Gasteiger partial charge in [-0.05, 0) is 51.4 Å². The fraction of sp³-hybridized carbons (Fsp3) is 0.643. The lowest BCUT2D eigenvalue weighted by Gasteiger charge is -2.20. The van der Waals surface area contributed by atoms with Crippen LogP contribution in [0.1, 0.15) is 142 Å². The average molecular weight is 780 g/mol. The molecule has 308 valence electrons. The third-order valence-electron chi connectivity index (χ3n) is 7.98. The van der Waals surface area contributed by atoms with Crippen molar-refractivity contribution in [2.24, 2.45) is 5.73 Å². The Balaban J connectivity index is 4.56. The standard InChI is InChI=1S/C42H70NO10P/c1-3-5-7-9-11-13-15-16-17-18-19-20-21-22-24-26-28-30-32-34-41(45)53-38(36-51-54(48,49)52-37-39(43)42(46)47)35-50-40(44)33-31-29-27-25-23-14-12-10-8-6-4-2/h5,7,11,13,16-17,19-20,22,24,28,30,38-39H,3-4,6,8-10,12,14-15,18,21,23,25-27,29,31-37,43H2,1-2H3,(H,46,47)(H,48,49)/t38-,39+/m1/s1. The number of hydrogen-bond acceptors (Lipinski definition) is 9. The van der Waals surface area contributed by atoms with Gasteiger partial charge in [-0.25, -0.2) is 4.57 Å². The summed E-state index contributed by atoms with van der Waals surface area (Å²) >= 11 is 0. The zero-order valence-corrected chi connectivity index (χ0v) is 33.9. The molecule has 0 aromatic heterocycles. The molecular weight excluding hydrogens is 709 g/mol. The Labute approximate surface area is 325 Å². The van der Waals surface area contributed by atoms with Crippen LogP contribution in [0.4, 0.5) is 0 Å². The van der Waals surface area contributed by atoms with E-state index in [0.717, 1.165) is 51.4 Å². The summed E-state index contributed by atoms with van der Waals surface area (Å²) in [5.41, 5.74) is 5.31. The number of esters is 2. The zero-order valence-electron chi connectivity index (χ0n) is 33.0. The van der Waals surface area contributed by atoms with Gasteiger partial charge in [-0.1, -0.05) is 151 Å². The molecule has 3 atom stereocenters. The Morgan fingerprint density at radius 2 is 1.04 bits per heavy atom. The first-order valence-corrected chi connectivity index (χ1v) is 21.5. The highest BCUT2D eigenvalue weighted by atomic mass is 31.2. The second kappa shape index (κ2) is 36.9. The van der Waals surface area contributed by atoms with E-state index >= 15 is 0 Å². The molecule has 0 fully saturated rings. The van der Waals surface area contributed by atoms with Gasteiger partial charge in [0.15, 0.2) is 6.10 Å². The van der Waals surface area contributed by atoms with Gasteiger partial charge in [0.05, 0.1) is 13.2 Å². The van der Waals surface area contributed by atoms with Gasteiger partial charge in [0.1, 0.15) is 12.6 Å². The number of unbranched alkanes of at least 4 members (excludes halogenated alkanes) is 10. The van der Waals surface area contributed by atoms with Gasteiger partial charge in [-0.3, -0.25) is 23.4 Å². The van der Waals surface area contributed by atoms with Crippen molar-refractivity contribution in [3.05, 3.63) is 72.9 Å². The number of carbonyl (C=O) groups excluding carboxylic acids is 2. The lowest BCUT2D eigenvalue weighted by Crippen LogP contribution is -2.34. The van der Waals surface area contributed by atoms with Crippen LogP contribution in [0.2, 0.25) is 0 Å². The molecule has 0 aliphatic heterocycles. The van der Waals surface area contributed by atoms with Crippen LogP contribution in [-0.2, 0) is 37.5 Å². The molecule has 0 bridgehead atoms. The predicted octanol–water partition coefficient (Wildman–Crippen LogP) is 10.2. The van der Waals surface area contributed by atoms with E-state index in [1.165, 1.54) is 44.9 Å². The molecule has 0 heterocycles. The van der Waals surface area contributed by atoms with Crippen molar-refractivity contribution in [3.63, 3.8) is 0 Å². The molecule has 0 aliphatic rings. The molecule has 0 radical (unpaired) electrons. The largest absolute Gasteiger partial charge is 0.480 e. The van der Waals surface area contributed by atoms with Crippen LogP contribution < -0.4 is 5.73 Å². The van der Waals surface area contributed by atoms with Crippen LogP contribution in [-0.4, -0.2) is 59.9 Å². The highest BCUT2D eigenvalue weighted by Crippen LogP contribution is 2.43. The molecule has 0 saturated carbocycles. The third kappa shape index (κ3) is 35.9. The molecule has 54 heavy (non-hydrogen) atoms. The normalized spacial score (nSPS) is 14.6. The van der Waals surface area contributed by atoms with Crippen LogP contribution in [0.3, 0.4) is 0 Å². The van der Waals surface area contributed by atoms with Crippen molar-refractivity contribution in [2.45, 2.75) is 154 Å². The van der Waals surface area contributed by atoms with Crippen LogP contribution >= 0.6 is 7.82 Å². The number of ether oxygens (including phenoxy) is 2. The van der Waals surface area contributed by atoms with Crippen LogP contribution in [0.5, 0.6) is 0 Å². The van der Waals surface area contributed by atoms with Gasteiger partial charge < -0.3 is 25.2 Å². The minimum absolute atomic E-state index is 0.0338. The second-order valence-corrected chi connectivity index (χ2v) is 14.5. The van der Waals surface area contributed by atoms with E-state index in [2.05, 4.69) is 73.1 Å². The van der Waals surface area contributed by atoms with Crippen LogP contribution in [0.15, 0.2) is 72.9 Å². The lowest BCUT2D eigenvalue weighted by atomic mass is 10.1. The maximum atomic E-state index is 12.6. The molecule has 0 rings (SSSR count). The summed E-state index contributed by atoms with van der Waals surface area (Å²) in [7, 11) is -4.73. The fourth-order valence-corrected chi connectivity index (χ4v) is 5.63. The monoisotopic (exact) mass is 779 g/mol. The minimum atomic E-state index is -4.73. The molecular formula is C42H70NO10P. The number of phosphoric ester groups is 1. The summed E-state index contributed by atoms with van der Waals surface area (Å²) in [6, 6.07) is -1.53. The van der Waals surface area contributed by atoms with Crippen molar-refractivity contribution in [1.82, 2.24) is 0 Å². The van der Waals surface area contributed by atoms with Gasteiger partial charge in [0.25, 0.3) is 0 Å². The van der Waals surface area contributed by atoms with Gasteiger partial charge in [-0.2, -0.15) is 0 Å². The molecule has 0 aromatic carbocycles. The van der Waals surface area contributed by atoms with E-state index in [9.17, 15) is 23.8 Å². The lowest BCUT2D eigenvalue weighted by molar-refractivity contribution is -0.161. The van der Waals surface area contributed by atoms with Gasteiger partial charge in [0.2, 0.25) is 0 Å². The van der Waals surface area contributed by atoms with Crippen molar-refractivity contribution >= 4 is 25.7 Å². The number of aliphatic carboxylic acids is 1. The molecule has 1 unspecified atom stereocenters. The molecule has 4 N–H and O–H groups in total. The summed E-state index contributed by atoms with van der Waals surface area (Å²) in [5.74, 6) is -2.50. The average Bonchev–Trinajstić information content (AvgIpc) is 3.14. The fourth-order valence-electron chi connectivity index (χ4n) is 4.85. The molecule has 0 aliphatic carbocycles. The van der Waals surface area contributed by atoms with Crippen LogP contribution in [0.25, 0.3) is 0 Å². The maximum absolute atomic E-state index is 12.6. The van der Waals surface area contributed by atoms with E-state index in [1.54, 1.807) is 0 Å². The highest BCUT2D eigenvalue weighted by molar-refractivity contribution is 7.47. The molecule has 0 aromatic rings. The minimum Gasteiger partial charge on any atom is -0.480 e. The number of carboxylic acid groups (broad SMARTS) is 1. The molecule has 0 saturated heterocycles. The number of nitrogens with two attached hydrogens (primary N) is 1. The second-order valence-electron chi connectivity index (χ2n) is 13.0. The molecule has 11 nitrogen and oxygen atoms in total. The third-order valence-corrected chi connectivity index (χ3v) is 8.93. The SMILES string of the molecule is CCC=CCC=CCC=CCC=CCC=CCC=CCCC(=O)O[C@H](COC(=O)CCCCCCCCCCCCC)COP(=O)(O)OC[C@H](N)C(=O)O. The number of phosphoric acid groups is 1. The number of carboxylic acids is 1. The number of allylic oxidation sites excluding steroid dienone is 12. The van der Waals surface area contributed by atoms with Crippen LogP contribution in [0, 0.1) is 0 Å². The first kappa shape index (κ1) is 50.9. The molecule has 0 spiro atoms. The molecule has 12 heteroatoms. The first-order chi connectivity index (χ1) is 26.1. The van der Waals surface area contributed by atoms with Crippen molar-refractivity contribution in [3.8, 4) is 0 Å². The Morgan fingerprint density at radius 1 is 0.593 bits per heavy atom. The number of hydrogen-bond donors (Lipinski definition) is 3. The van der Waals surface area contributed by atoms with Crippen molar-refractivity contribution in [1.29, 1.82) is 0 Å². The quantitative estimate of drug-likeness (QED) is 0.0239. The predicted molar refractivity (Wildman–Crippen MR) is 217 cm³/mol. The van der Waals surface area contributed by atoms with E-state index in [4.69, 9.17) is 24.8 Å². The Morgan fingerprint density at radius 3 is 1.52 bits per heavy atom. The van der Waals surface area contributed by atoms with Gasteiger partial charge >= 0.3 is 25.7 Å². The number of carbonyl (C=O) groups is 3. The van der Waals surface area contributed by atoms with Gasteiger partial charge in [0, 0.05) is 12.8 Å².